The topological polar surface area (TPSA) is 79.5 Å². The Morgan fingerprint density at radius 1 is 1.26 bits per heavy atom. The van der Waals surface area contributed by atoms with Gasteiger partial charge in [0, 0.05) is 17.0 Å². The normalized spacial score (nSPS) is 20.8. The van der Waals surface area contributed by atoms with Crippen molar-refractivity contribution in [2.24, 2.45) is 5.92 Å². The molecule has 1 heterocycles. The van der Waals surface area contributed by atoms with Crippen LogP contribution in [0.5, 0.6) is 0 Å². The van der Waals surface area contributed by atoms with Gasteiger partial charge in [0.1, 0.15) is 5.58 Å². The van der Waals surface area contributed by atoms with Crippen molar-refractivity contribution in [1.29, 1.82) is 0 Å². The number of carbonyl (C=O) groups excluding carboxylic acids is 1. The minimum atomic E-state index is -0.770. The maximum atomic E-state index is 12.2. The molecule has 2 atom stereocenters. The van der Waals surface area contributed by atoms with Crippen LogP contribution in [0.4, 0.5) is 0 Å². The molecule has 1 amide bonds. The SMILES string of the molecule is Cc1cc2occ(CC(=O)N[C@H]3CC[C@@H](C(=O)O)C3)c2cc1C. The summed E-state index contributed by atoms with van der Waals surface area (Å²) in [6, 6.07) is 4.00. The Morgan fingerprint density at radius 2 is 2.00 bits per heavy atom. The molecule has 5 nitrogen and oxygen atoms in total. The van der Waals surface area contributed by atoms with Gasteiger partial charge in [-0.25, -0.2) is 0 Å². The molecular weight excluding hydrogens is 294 g/mol. The highest BCUT2D eigenvalue weighted by Crippen LogP contribution is 2.27. The Bertz CT molecular complexity index is 762. The Kier molecular flexibility index (Phi) is 4.11. The molecule has 1 aromatic heterocycles. The van der Waals surface area contributed by atoms with Gasteiger partial charge in [-0.05, 0) is 56.4 Å². The number of rotatable bonds is 4. The first-order chi connectivity index (χ1) is 10.9. The average molecular weight is 315 g/mol. The second-order valence-corrected chi connectivity index (χ2v) is 6.48. The zero-order valence-corrected chi connectivity index (χ0v) is 13.4. The van der Waals surface area contributed by atoms with Crippen LogP contribution in [0.15, 0.2) is 22.8 Å². The van der Waals surface area contributed by atoms with E-state index in [1.165, 1.54) is 5.56 Å². The molecule has 122 valence electrons. The van der Waals surface area contributed by atoms with Gasteiger partial charge in [-0.2, -0.15) is 0 Å². The van der Waals surface area contributed by atoms with Crippen LogP contribution in [0.2, 0.25) is 0 Å². The summed E-state index contributed by atoms with van der Waals surface area (Å²) in [4.78, 5) is 23.2. The second kappa shape index (κ2) is 6.07. The summed E-state index contributed by atoms with van der Waals surface area (Å²) >= 11 is 0. The predicted molar refractivity (Wildman–Crippen MR) is 86.3 cm³/mol. The van der Waals surface area contributed by atoms with Crippen molar-refractivity contribution in [3.8, 4) is 0 Å². The minimum Gasteiger partial charge on any atom is -0.481 e. The summed E-state index contributed by atoms with van der Waals surface area (Å²) in [7, 11) is 0. The van der Waals surface area contributed by atoms with E-state index in [1.807, 2.05) is 26.0 Å². The maximum absolute atomic E-state index is 12.2. The Balaban J connectivity index is 1.67. The number of aliphatic carboxylic acids is 1. The number of carboxylic acid groups (broad SMARTS) is 1. The van der Waals surface area contributed by atoms with Crippen molar-refractivity contribution in [3.05, 3.63) is 35.1 Å². The summed E-state index contributed by atoms with van der Waals surface area (Å²) < 4.78 is 5.55. The number of hydrogen-bond acceptors (Lipinski definition) is 3. The molecule has 0 aliphatic heterocycles. The third kappa shape index (κ3) is 3.23. The van der Waals surface area contributed by atoms with Gasteiger partial charge in [0.25, 0.3) is 0 Å². The fraction of sp³-hybridized carbons (Fsp3) is 0.444. The number of hydrogen-bond donors (Lipinski definition) is 2. The van der Waals surface area contributed by atoms with Gasteiger partial charge in [0.15, 0.2) is 0 Å². The van der Waals surface area contributed by atoms with E-state index in [-0.39, 0.29) is 24.3 Å². The number of amides is 1. The third-order valence-electron chi connectivity index (χ3n) is 4.77. The first-order valence-corrected chi connectivity index (χ1v) is 7.93. The van der Waals surface area contributed by atoms with Gasteiger partial charge >= 0.3 is 5.97 Å². The molecule has 1 aromatic carbocycles. The number of carboxylic acids is 1. The van der Waals surface area contributed by atoms with Gasteiger partial charge < -0.3 is 14.8 Å². The number of aryl methyl sites for hydroxylation is 2. The summed E-state index contributed by atoms with van der Waals surface area (Å²) in [6.07, 6.45) is 3.77. The zero-order chi connectivity index (χ0) is 16.6. The van der Waals surface area contributed by atoms with E-state index in [4.69, 9.17) is 9.52 Å². The highest BCUT2D eigenvalue weighted by Gasteiger charge is 2.30. The highest BCUT2D eigenvalue weighted by molar-refractivity contribution is 5.88. The monoisotopic (exact) mass is 315 g/mol. The van der Waals surface area contributed by atoms with Crippen molar-refractivity contribution >= 4 is 22.8 Å². The highest BCUT2D eigenvalue weighted by atomic mass is 16.4. The van der Waals surface area contributed by atoms with Crippen LogP contribution in [0.1, 0.15) is 36.0 Å². The van der Waals surface area contributed by atoms with E-state index in [2.05, 4.69) is 5.32 Å². The van der Waals surface area contributed by atoms with Crippen molar-refractivity contribution in [3.63, 3.8) is 0 Å². The molecule has 1 fully saturated rings. The minimum absolute atomic E-state index is 0.0363. The number of benzene rings is 1. The molecule has 2 N–H and O–H groups in total. The third-order valence-corrected chi connectivity index (χ3v) is 4.77. The summed E-state index contributed by atoms with van der Waals surface area (Å²) in [6.45, 7) is 4.07. The molecule has 0 unspecified atom stereocenters. The molecule has 1 aliphatic carbocycles. The van der Waals surface area contributed by atoms with Crippen LogP contribution in [0.25, 0.3) is 11.0 Å². The maximum Gasteiger partial charge on any atom is 0.306 e. The molecule has 2 aromatic rings. The van der Waals surface area contributed by atoms with Crippen LogP contribution < -0.4 is 5.32 Å². The molecule has 23 heavy (non-hydrogen) atoms. The molecule has 0 bridgehead atoms. The van der Waals surface area contributed by atoms with E-state index in [9.17, 15) is 9.59 Å². The fourth-order valence-corrected chi connectivity index (χ4v) is 3.26. The van der Waals surface area contributed by atoms with Crippen molar-refractivity contribution < 1.29 is 19.1 Å². The second-order valence-electron chi connectivity index (χ2n) is 6.48. The summed E-state index contributed by atoms with van der Waals surface area (Å²) in [5.74, 6) is -1.18. The fourth-order valence-electron chi connectivity index (χ4n) is 3.26. The standard InChI is InChI=1S/C18H21NO4/c1-10-5-15-13(9-23-16(15)6-11(10)2)8-17(20)19-14-4-3-12(7-14)18(21)22/h5-6,9,12,14H,3-4,7-8H2,1-2H3,(H,19,20)(H,21,22)/t12-,14+/m1/s1. The molecule has 0 radical (unpaired) electrons. The Labute approximate surface area is 134 Å². The molecule has 3 rings (SSSR count). The Hall–Kier alpha value is -2.30. The van der Waals surface area contributed by atoms with E-state index >= 15 is 0 Å². The predicted octanol–water partition coefficient (Wildman–Crippen LogP) is 2.96. The van der Waals surface area contributed by atoms with Crippen molar-refractivity contribution in [2.45, 2.75) is 45.6 Å². The number of carbonyl (C=O) groups is 2. The molecule has 0 spiro atoms. The summed E-state index contributed by atoms with van der Waals surface area (Å²) in [5, 5.41) is 12.9. The lowest BCUT2D eigenvalue weighted by Crippen LogP contribution is -2.34. The van der Waals surface area contributed by atoms with Gasteiger partial charge in [-0.3, -0.25) is 9.59 Å². The van der Waals surface area contributed by atoms with Crippen LogP contribution in [-0.2, 0) is 16.0 Å². The van der Waals surface area contributed by atoms with Crippen LogP contribution in [0.3, 0.4) is 0 Å². The lowest BCUT2D eigenvalue weighted by Gasteiger charge is -2.12. The lowest BCUT2D eigenvalue weighted by atomic mass is 10.0. The van der Waals surface area contributed by atoms with E-state index in [0.29, 0.717) is 12.8 Å². The summed E-state index contributed by atoms with van der Waals surface area (Å²) in [5.41, 5.74) is 3.99. The van der Waals surface area contributed by atoms with Gasteiger partial charge in [-0.15, -0.1) is 0 Å². The lowest BCUT2D eigenvalue weighted by molar-refractivity contribution is -0.141. The zero-order valence-electron chi connectivity index (χ0n) is 13.4. The number of fused-ring (bicyclic) bond motifs is 1. The van der Waals surface area contributed by atoms with Gasteiger partial charge in [0.2, 0.25) is 5.91 Å². The first-order valence-electron chi connectivity index (χ1n) is 7.93. The van der Waals surface area contributed by atoms with E-state index in [1.54, 1.807) is 6.26 Å². The molecule has 1 aliphatic rings. The quantitative estimate of drug-likeness (QED) is 0.909. The van der Waals surface area contributed by atoms with Crippen molar-refractivity contribution in [1.82, 2.24) is 5.32 Å². The van der Waals surface area contributed by atoms with Gasteiger partial charge in [0.05, 0.1) is 18.6 Å². The number of nitrogens with one attached hydrogen (secondary N) is 1. The van der Waals surface area contributed by atoms with Crippen LogP contribution in [0, 0.1) is 19.8 Å². The van der Waals surface area contributed by atoms with E-state index < -0.39 is 5.97 Å². The van der Waals surface area contributed by atoms with E-state index in [0.717, 1.165) is 28.5 Å². The van der Waals surface area contributed by atoms with Gasteiger partial charge in [-0.1, -0.05) is 0 Å². The molecule has 1 saturated carbocycles. The molecule has 0 saturated heterocycles. The smallest absolute Gasteiger partial charge is 0.306 e. The molecule has 5 heteroatoms. The largest absolute Gasteiger partial charge is 0.481 e. The van der Waals surface area contributed by atoms with Crippen molar-refractivity contribution in [2.75, 3.05) is 0 Å². The first kappa shape index (κ1) is 15.6. The number of furan rings is 1. The molecular formula is C18H21NO4. The Morgan fingerprint density at radius 3 is 2.70 bits per heavy atom. The average Bonchev–Trinajstić information content (AvgIpc) is 3.08. The van der Waals surface area contributed by atoms with Crippen LogP contribution in [-0.4, -0.2) is 23.0 Å². The van der Waals surface area contributed by atoms with Crippen LogP contribution >= 0.6 is 0 Å².